The molecule has 13 nitrogen and oxygen atoms in total. The van der Waals surface area contributed by atoms with Gasteiger partial charge in [-0.2, -0.15) is 0 Å². The van der Waals surface area contributed by atoms with Crippen LogP contribution < -0.4 is 27.8 Å². The number of nitrogens with zero attached hydrogens (tertiary/aromatic N) is 2. The summed E-state index contributed by atoms with van der Waals surface area (Å²) in [7, 11) is 0. The minimum Gasteiger partial charge on any atom is -0.480 e. The van der Waals surface area contributed by atoms with Gasteiger partial charge in [0.25, 0.3) is 0 Å². The fourth-order valence-corrected chi connectivity index (χ4v) is 3.39. The summed E-state index contributed by atoms with van der Waals surface area (Å²) >= 11 is 0. The Hall–Kier alpha value is -2.93. The lowest BCUT2D eigenvalue weighted by Gasteiger charge is -2.29. The van der Waals surface area contributed by atoms with Crippen LogP contribution in [0.4, 0.5) is 0 Å². The van der Waals surface area contributed by atoms with Gasteiger partial charge >= 0.3 is 5.97 Å². The first kappa shape index (κ1) is 27.1. The van der Waals surface area contributed by atoms with Crippen molar-refractivity contribution in [1.82, 2.24) is 15.5 Å². The number of carboxylic acids is 1. The average molecular weight is 458 g/mol. The second-order valence-corrected chi connectivity index (χ2v) is 8.06. The molecule has 0 saturated carbocycles. The molecule has 32 heavy (non-hydrogen) atoms. The maximum atomic E-state index is 13.1. The second kappa shape index (κ2) is 12.8. The molecule has 0 aliphatic carbocycles. The van der Waals surface area contributed by atoms with Crippen LogP contribution in [0, 0.1) is 5.92 Å². The topological polar surface area (TPSA) is 226 Å². The maximum absolute atomic E-state index is 13.1. The Bertz CT molecular complexity index is 710. The minimum absolute atomic E-state index is 0.106. The van der Waals surface area contributed by atoms with Gasteiger partial charge in [0, 0.05) is 13.1 Å². The van der Waals surface area contributed by atoms with Crippen LogP contribution in [-0.2, 0) is 19.2 Å². The number of likely N-dealkylation sites (tertiary alicyclic amines) is 1. The number of hydrogen-bond acceptors (Lipinski definition) is 7. The van der Waals surface area contributed by atoms with Gasteiger partial charge in [0.15, 0.2) is 5.96 Å². The number of nitrogens with one attached hydrogen (secondary N) is 2. The summed E-state index contributed by atoms with van der Waals surface area (Å²) in [5.41, 5.74) is 16.1. The fourth-order valence-electron chi connectivity index (χ4n) is 3.39. The Morgan fingerprint density at radius 2 is 1.81 bits per heavy atom. The number of aliphatic hydroxyl groups excluding tert-OH is 1. The van der Waals surface area contributed by atoms with Gasteiger partial charge in [-0.1, -0.05) is 13.8 Å². The number of aliphatic carboxylic acids is 1. The Labute approximate surface area is 186 Å². The number of aliphatic hydroxyl groups is 1. The SMILES string of the molecule is CC(C)C(NC(=O)C(N)CO)C(=O)NC(CCCN=C(N)N)C(=O)N1CCCC1C(=O)O. The molecule has 0 bridgehead atoms. The molecular formula is C19H35N7O6. The fraction of sp³-hybridized carbons (Fsp3) is 0.737. The van der Waals surface area contributed by atoms with Crippen molar-refractivity contribution in [2.45, 2.75) is 63.7 Å². The quantitative estimate of drug-likeness (QED) is 0.0902. The highest BCUT2D eigenvalue weighted by atomic mass is 16.4. The number of guanidine groups is 1. The third kappa shape index (κ3) is 7.96. The monoisotopic (exact) mass is 457 g/mol. The van der Waals surface area contributed by atoms with E-state index in [-0.39, 0.29) is 31.4 Å². The van der Waals surface area contributed by atoms with Crippen molar-refractivity contribution in [3.8, 4) is 0 Å². The average Bonchev–Trinajstić information content (AvgIpc) is 3.22. The molecule has 0 aromatic carbocycles. The van der Waals surface area contributed by atoms with Crippen molar-refractivity contribution in [2.24, 2.45) is 28.1 Å². The summed E-state index contributed by atoms with van der Waals surface area (Å²) in [6.07, 6.45) is 1.40. The smallest absolute Gasteiger partial charge is 0.326 e. The summed E-state index contributed by atoms with van der Waals surface area (Å²) in [6, 6.07) is -4.19. The Morgan fingerprint density at radius 1 is 1.16 bits per heavy atom. The molecule has 10 N–H and O–H groups in total. The van der Waals surface area contributed by atoms with E-state index < -0.39 is 54.5 Å². The molecule has 4 unspecified atom stereocenters. The predicted molar refractivity (Wildman–Crippen MR) is 116 cm³/mol. The Kier molecular flexibility index (Phi) is 10.9. The van der Waals surface area contributed by atoms with Gasteiger partial charge in [-0.05, 0) is 31.6 Å². The molecule has 1 rings (SSSR count). The highest BCUT2D eigenvalue weighted by molar-refractivity contribution is 5.94. The molecule has 0 aromatic rings. The molecule has 13 heteroatoms. The van der Waals surface area contributed by atoms with E-state index in [4.69, 9.17) is 22.3 Å². The number of nitrogens with two attached hydrogens (primary N) is 3. The van der Waals surface area contributed by atoms with Crippen LogP contribution in [-0.4, -0.2) is 88.6 Å². The van der Waals surface area contributed by atoms with Crippen LogP contribution in [0.5, 0.6) is 0 Å². The first-order valence-electron chi connectivity index (χ1n) is 10.5. The summed E-state index contributed by atoms with van der Waals surface area (Å²) in [5.74, 6) is -3.40. The van der Waals surface area contributed by atoms with Gasteiger partial charge in [0.1, 0.15) is 24.2 Å². The molecule has 0 aromatic heterocycles. The zero-order chi connectivity index (χ0) is 24.4. The van der Waals surface area contributed by atoms with Crippen LogP contribution in [0.1, 0.15) is 39.5 Å². The zero-order valence-corrected chi connectivity index (χ0v) is 18.5. The van der Waals surface area contributed by atoms with Gasteiger partial charge in [-0.15, -0.1) is 0 Å². The molecule has 1 heterocycles. The molecular weight excluding hydrogens is 422 g/mol. The number of hydrogen-bond donors (Lipinski definition) is 7. The molecule has 3 amide bonds. The highest BCUT2D eigenvalue weighted by Crippen LogP contribution is 2.20. The van der Waals surface area contributed by atoms with Gasteiger partial charge in [-0.25, -0.2) is 4.79 Å². The van der Waals surface area contributed by atoms with Crippen molar-refractivity contribution in [2.75, 3.05) is 19.7 Å². The van der Waals surface area contributed by atoms with Gasteiger partial charge in [0.05, 0.1) is 6.61 Å². The van der Waals surface area contributed by atoms with E-state index in [0.717, 1.165) is 0 Å². The molecule has 1 fully saturated rings. The molecule has 182 valence electrons. The lowest BCUT2D eigenvalue weighted by atomic mass is 10.0. The number of carbonyl (C=O) groups is 4. The van der Waals surface area contributed by atoms with Crippen LogP contribution in [0.25, 0.3) is 0 Å². The van der Waals surface area contributed by atoms with E-state index in [1.807, 2.05) is 0 Å². The van der Waals surface area contributed by atoms with Crippen molar-refractivity contribution in [3.05, 3.63) is 0 Å². The largest absolute Gasteiger partial charge is 0.480 e. The zero-order valence-electron chi connectivity index (χ0n) is 18.5. The van der Waals surface area contributed by atoms with Crippen molar-refractivity contribution in [3.63, 3.8) is 0 Å². The molecule has 0 radical (unpaired) electrons. The van der Waals surface area contributed by atoms with Gasteiger partial charge in [-0.3, -0.25) is 19.4 Å². The predicted octanol–water partition coefficient (Wildman–Crippen LogP) is -2.94. The third-order valence-electron chi connectivity index (χ3n) is 5.16. The summed E-state index contributed by atoms with van der Waals surface area (Å²) in [5, 5.41) is 23.6. The maximum Gasteiger partial charge on any atom is 0.326 e. The lowest BCUT2D eigenvalue weighted by Crippen LogP contribution is -2.58. The molecule has 1 aliphatic rings. The second-order valence-electron chi connectivity index (χ2n) is 8.06. The number of carboxylic acid groups (broad SMARTS) is 1. The van der Waals surface area contributed by atoms with Gasteiger partial charge in [0.2, 0.25) is 17.7 Å². The summed E-state index contributed by atoms with van der Waals surface area (Å²) in [6.45, 7) is 3.30. The van der Waals surface area contributed by atoms with E-state index in [0.29, 0.717) is 19.3 Å². The molecule has 1 aliphatic heterocycles. The van der Waals surface area contributed by atoms with Crippen molar-refractivity contribution in [1.29, 1.82) is 0 Å². The first-order chi connectivity index (χ1) is 15.0. The Balaban J connectivity index is 3.00. The molecule has 4 atom stereocenters. The third-order valence-corrected chi connectivity index (χ3v) is 5.16. The normalized spacial score (nSPS) is 18.5. The van der Waals surface area contributed by atoms with Crippen LogP contribution in [0.2, 0.25) is 0 Å². The van der Waals surface area contributed by atoms with Crippen LogP contribution >= 0.6 is 0 Å². The van der Waals surface area contributed by atoms with E-state index >= 15 is 0 Å². The van der Waals surface area contributed by atoms with Gasteiger partial charge < -0.3 is 42.9 Å². The molecule has 0 spiro atoms. The van der Waals surface area contributed by atoms with Crippen LogP contribution in [0.15, 0.2) is 4.99 Å². The standard InChI is InChI=1S/C19H35N7O6/c1-10(2)14(25-15(28)11(20)9-27)16(29)24-12(5-3-7-23-19(21)22)17(30)26-8-4-6-13(26)18(31)32/h10-14,27H,3-9,20H2,1-2H3,(H,24,29)(H,25,28)(H,31,32)(H4,21,22,23). The van der Waals surface area contributed by atoms with Crippen molar-refractivity contribution >= 4 is 29.7 Å². The summed E-state index contributed by atoms with van der Waals surface area (Å²) in [4.78, 5) is 54.7. The van der Waals surface area contributed by atoms with Crippen LogP contribution in [0.3, 0.4) is 0 Å². The number of amides is 3. The number of aliphatic imine (C=N–C) groups is 1. The van der Waals surface area contributed by atoms with E-state index in [1.54, 1.807) is 13.8 Å². The van der Waals surface area contributed by atoms with E-state index in [2.05, 4.69) is 15.6 Å². The number of rotatable bonds is 12. The lowest BCUT2D eigenvalue weighted by molar-refractivity contribution is -0.149. The van der Waals surface area contributed by atoms with E-state index in [1.165, 1.54) is 4.90 Å². The Morgan fingerprint density at radius 3 is 2.34 bits per heavy atom. The minimum atomic E-state index is -1.19. The van der Waals surface area contributed by atoms with Crippen molar-refractivity contribution < 1.29 is 29.4 Å². The number of carbonyl (C=O) groups excluding carboxylic acids is 3. The van der Waals surface area contributed by atoms with E-state index in [9.17, 15) is 24.3 Å². The first-order valence-corrected chi connectivity index (χ1v) is 10.5. The molecule has 1 saturated heterocycles. The highest BCUT2D eigenvalue weighted by Gasteiger charge is 2.38. The summed E-state index contributed by atoms with van der Waals surface area (Å²) < 4.78 is 0.